The van der Waals surface area contributed by atoms with Gasteiger partial charge in [0.2, 0.25) is 0 Å². The molecule has 0 aliphatic carbocycles. The average Bonchev–Trinajstić information content (AvgIpc) is 3.25. The molecule has 0 saturated carbocycles. The zero-order chi connectivity index (χ0) is 22.7. The summed E-state index contributed by atoms with van der Waals surface area (Å²) in [4.78, 5) is 31.2. The maximum atomic E-state index is 13.5. The van der Waals surface area contributed by atoms with Gasteiger partial charge in [-0.15, -0.1) is 18.8 Å². The van der Waals surface area contributed by atoms with Crippen molar-refractivity contribution in [2.24, 2.45) is 5.92 Å². The number of hydrogen-bond acceptors (Lipinski definition) is 3. The van der Waals surface area contributed by atoms with Crippen molar-refractivity contribution in [2.45, 2.75) is 33.1 Å². The molecular weight excluding hydrogens is 436 g/mol. The highest BCUT2D eigenvalue weighted by atomic mass is 35.5. The van der Waals surface area contributed by atoms with Gasteiger partial charge in [-0.2, -0.15) is 0 Å². The topological polar surface area (TPSA) is 77.2 Å². The average molecular weight is 467 g/mol. The van der Waals surface area contributed by atoms with E-state index in [9.17, 15) is 9.59 Å². The van der Waals surface area contributed by atoms with E-state index in [0.717, 1.165) is 60.6 Å². The smallest absolute Gasteiger partial charge is 0.259 e. The van der Waals surface area contributed by atoms with E-state index in [2.05, 4.69) is 27.6 Å². The fourth-order valence-corrected chi connectivity index (χ4v) is 4.61. The third kappa shape index (κ3) is 5.32. The van der Waals surface area contributed by atoms with Crippen LogP contribution in [0.5, 0.6) is 0 Å². The standard InChI is InChI=1S/C26H30N4O2.ClH/c1-4-10-28-25(31)20-5-6-21-22(16-23-17(2)14-18(3)29-23)26(32)30(24(21)15-20)13-9-19-7-11-27-12-8-19;/h1,5-6,14-16,19,27,29H,7-13H2,2-3H3,(H,28,31);1H/b22-16-;. The van der Waals surface area contributed by atoms with Gasteiger partial charge in [0.05, 0.1) is 17.8 Å². The van der Waals surface area contributed by atoms with Crippen molar-refractivity contribution in [3.63, 3.8) is 0 Å². The molecule has 0 spiro atoms. The lowest BCUT2D eigenvalue weighted by molar-refractivity contribution is -0.113. The summed E-state index contributed by atoms with van der Waals surface area (Å²) in [6.45, 7) is 6.92. The Morgan fingerprint density at radius 3 is 2.70 bits per heavy atom. The summed E-state index contributed by atoms with van der Waals surface area (Å²) in [5, 5.41) is 6.10. The number of terminal acetylenes is 1. The molecule has 3 N–H and O–H groups in total. The molecule has 4 rings (SSSR count). The monoisotopic (exact) mass is 466 g/mol. The summed E-state index contributed by atoms with van der Waals surface area (Å²) in [5.41, 5.74) is 5.92. The van der Waals surface area contributed by atoms with Crippen molar-refractivity contribution in [1.82, 2.24) is 15.6 Å². The number of rotatable bonds is 6. The van der Waals surface area contributed by atoms with Crippen LogP contribution < -0.4 is 15.5 Å². The summed E-state index contributed by atoms with van der Waals surface area (Å²) in [7, 11) is 0. The highest BCUT2D eigenvalue weighted by Crippen LogP contribution is 2.39. The highest BCUT2D eigenvalue weighted by molar-refractivity contribution is 6.36. The second-order valence-corrected chi connectivity index (χ2v) is 8.66. The molecule has 1 aromatic heterocycles. The molecule has 0 atom stereocenters. The predicted octanol–water partition coefficient (Wildman–Crippen LogP) is 3.69. The zero-order valence-electron chi connectivity index (χ0n) is 19.2. The number of benzene rings is 1. The fraction of sp³-hybridized carbons (Fsp3) is 0.385. The number of aromatic nitrogens is 1. The van der Waals surface area contributed by atoms with E-state index in [-0.39, 0.29) is 30.8 Å². The fourth-order valence-electron chi connectivity index (χ4n) is 4.61. The first-order valence-electron chi connectivity index (χ1n) is 11.2. The van der Waals surface area contributed by atoms with E-state index in [4.69, 9.17) is 6.42 Å². The van der Waals surface area contributed by atoms with Gasteiger partial charge in [0.1, 0.15) is 0 Å². The SMILES string of the molecule is C#CCNC(=O)c1ccc2c(c1)N(CCC1CCNCC1)C(=O)/C2=C\c1[nH]c(C)cc1C.Cl. The number of amides is 2. The van der Waals surface area contributed by atoms with Crippen molar-refractivity contribution in [1.29, 1.82) is 0 Å². The molecular formula is C26H31ClN4O2. The Labute approximate surface area is 201 Å². The number of halogens is 1. The lowest BCUT2D eigenvalue weighted by atomic mass is 9.94. The number of aromatic amines is 1. The van der Waals surface area contributed by atoms with Gasteiger partial charge in [-0.25, -0.2) is 0 Å². The predicted molar refractivity (Wildman–Crippen MR) is 136 cm³/mol. The molecule has 174 valence electrons. The number of nitrogens with one attached hydrogen (secondary N) is 3. The quantitative estimate of drug-likeness (QED) is 0.449. The van der Waals surface area contributed by atoms with Gasteiger partial charge in [-0.3, -0.25) is 9.59 Å². The van der Waals surface area contributed by atoms with E-state index >= 15 is 0 Å². The Morgan fingerprint density at radius 1 is 1.27 bits per heavy atom. The molecule has 0 bridgehead atoms. The Kier molecular flexibility index (Phi) is 8.01. The van der Waals surface area contributed by atoms with Gasteiger partial charge in [0.15, 0.2) is 0 Å². The molecule has 1 fully saturated rings. The molecule has 1 saturated heterocycles. The number of anilines is 1. The minimum Gasteiger partial charge on any atom is -0.359 e. The van der Waals surface area contributed by atoms with Crippen LogP contribution in [0.25, 0.3) is 11.6 Å². The van der Waals surface area contributed by atoms with Crippen molar-refractivity contribution in [3.8, 4) is 12.3 Å². The summed E-state index contributed by atoms with van der Waals surface area (Å²) in [6.07, 6.45) is 10.4. The first kappa shape index (κ1) is 24.6. The van der Waals surface area contributed by atoms with Gasteiger partial charge >= 0.3 is 0 Å². The van der Waals surface area contributed by atoms with Crippen LogP contribution in [0.1, 0.15) is 52.1 Å². The summed E-state index contributed by atoms with van der Waals surface area (Å²) < 4.78 is 0. The molecule has 2 aromatic rings. The second kappa shape index (κ2) is 10.7. The van der Waals surface area contributed by atoms with Gasteiger partial charge < -0.3 is 20.5 Å². The number of hydrogen-bond donors (Lipinski definition) is 3. The van der Waals surface area contributed by atoms with Crippen molar-refractivity contribution in [3.05, 3.63) is 52.3 Å². The molecule has 2 amide bonds. The van der Waals surface area contributed by atoms with E-state index < -0.39 is 0 Å². The van der Waals surface area contributed by atoms with E-state index in [1.165, 1.54) is 0 Å². The van der Waals surface area contributed by atoms with Crippen molar-refractivity contribution < 1.29 is 9.59 Å². The summed E-state index contributed by atoms with van der Waals surface area (Å²) >= 11 is 0. The Balaban J connectivity index is 0.00000306. The maximum absolute atomic E-state index is 13.5. The maximum Gasteiger partial charge on any atom is 0.259 e. The lowest BCUT2D eigenvalue weighted by Gasteiger charge is -2.25. The van der Waals surface area contributed by atoms with Crippen LogP contribution in [-0.2, 0) is 4.79 Å². The summed E-state index contributed by atoms with van der Waals surface area (Å²) in [5.74, 6) is 2.78. The van der Waals surface area contributed by atoms with Crippen LogP contribution in [0.2, 0.25) is 0 Å². The number of fused-ring (bicyclic) bond motifs is 1. The van der Waals surface area contributed by atoms with Crippen LogP contribution in [0.4, 0.5) is 5.69 Å². The molecule has 7 heteroatoms. The van der Waals surface area contributed by atoms with Crippen LogP contribution >= 0.6 is 12.4 Å². The number of piperidine rings is 1. The largest absolute Gasteiger partial charge is 0.359 e. The second-order valence-electron chi connectivity index (χ2n) is 8.66. The molecule has 6 nitrogen and oxygen atoms in total. The molecule has 0 unspecified atom stereocenters. The molecule has 1 aromatic carbocycles. The minimum atomic E-state index is -0.232. The third-order valence-corrected chi connectivity index (χ3v) is 6.37. The van der Waals surface area contributed by atoms with Crippen LogP contribution in [0.3, 0.4) is 0 Å². The summed E-state index contributed by atoms with van der Waals surface area (Å²) in [6, 6.07) is 7.52. The molecule has 3 heterocycles. The Bertz CT molecular complexity index is 1110. The Morgan fingerprint density at radius 2 is 2.03 bits per heavy atom. The van der Waals surface area contributed by atoms with Crippen LogP contribution in [-0.4, -0.2) is 43.0 Å². The Hall–Kier alpha value is -3.01. The molecule has 33 heavy (non-hydrogen) atoms. The van der Waals surface area contributed by atoms with Gasteiger partial charge in [-0.1, -0.05) is 12.0 Å². The zero-order valence-corrected chi connectivity index (χ0v) is 20.0. The van der Waals surface area contributed by atoms with Crippen molar-refractivity contribution in [2.75, 3.05) is 31.1 Å². The number of aryl methyl sites for hydroxylation is 2. The van der Waals surface area contributed by atoms with E-state index in [1.807, 2.05) is 37.0 Å². The highest BCUT2D eigenvalue weighted by Gasteiger charge is 2.33. The number of carbonyl (C=O) groups is 2. The van der Waals surface area contributed by atoms with Gasteiger partial charge in [0.25, 0.3) is 11.8 Å². The molecule has 0 radical (unpaired) electrons. The number of H-pyrrole nitrogens is 1. The number of carbonyl (C=O) groups excluding carboxylic acids is 2. The van der Waals surface area contributed by atoms with Crippen molar-refractivity contribution >= 4 is 41.6 Å². The third-order valence-electron chi connectivity index (χ3n) is 6.37. The first-order chi connectivity index (χ1) is 15.5. The van der Waals surface area contributed by atoms with E-state index in [1.54, 1.807) is 6.07 Å². The van der Waals surface area contributed by atoms with E-state index in [0.29, 0.717) is 23.6 Å². The van der Waals surface area contributed by atoms with Crippen LogP contribution in [0.15, 0.2) is 24.3 Å². The first-order valence-corrected chi connectivity index (χ1v) is 11.2. The van der Waals surface area contributed by atoms with Gasteiger partial charge in [0, 0.05) is 29.1 Å². The van der Waals surface area contributed by atoms with Gasteiger partial charge in [-0.05, 0) is 82.0 Å². The lowest BCUT2D eigenvalue weighted by Crippen LogP contribution is -2.33. The number of nitrogens with zero attached hydrogens (tertiary/aromatic N) is 1. The molecule has 2 aliphatic rings. The van der Waals surface area contributed by atoms with Crippen LogP contribution in [0, 0.1) is 32.1 Å². The minimum absolute atomic E-state index is 0. The molecule has 2 aliphatic heterocycles. The normalized spacial score (nSPS) is 16.9.